The van der Waals surface area contributed by atoms with Gasteiger partial charge >= 0.3 is 0 Å². The molecule has 0 heterocycles. The van der Waals surface area contributed by atoms with Crippen molar-refractivity contribution in [3.63, 3.8) is 0 Å². The van der Waals surface area contributed by atoms with Gasteiger partial charge < -0.3 is 11.1 Å². The first-order chi connectivity index (χ1) is 8.65. The van der Waals surface area contributed by atoms with Crippen molar-refractivity contribution < 1.29 is 0 Å². The van der Waals surface area contributed by atoms with E-state index in [2.05, 4.69) is 31.1 Å². The number of hydrogen-bond donors (Lipinski definition) is 2. The zero-order valence-electron chi connectivity index (χ0n) is 12.1. The zero-order valence-corrected chi connectivity index (χ0v) is 14.5. The molecular weight excluding hydrogens is 349 g/mol. The van der Waals surface area contributed by atoms with Crippen molar-refractivity contribution in [3.05, 3.63) is 30.3 Å². The molecule has 3 nitrogen and oxygen atoms in total. The van der Waals surface area contributed by atoms with Crippen LogP contribution < -0.4 is 11.1 Å². The van der Waals surface area contributed by atoms with Crippen molar-refractivity contribution >= 4 is 35.6 Å². The fourth-order valence-electron chi connectivity index (χ4n) is 2.05. The number of rotatable bonds is 6. The van der Waals surface area contributed by atoms with E-state index >= 15 is 0 Å². The Morgan fingerprint density at radius 3 is 2.11 bits per heavy atom. The Morgan fingerprint density at radius 1 is 1.11 bits per heavy atom. The van der Waals surface area contributed by atoms with E-state index in [1.54, 1.807) is 0 Å². The number of nitrogens with zero attached hydrogens (tertiary/aromatic N) is 1. The molecule has 0 atom stereocenters. The summed E-state index contributed by atoms with van der Waals surface area (Å²) in [6, 6.07) is 9.90. The predicted molar refractivity (Wildman–Crippen MR) is 95.3 cm³/mol. The Balaban J connectivity index is 0.00000324. The molecule has 3 N–H and O–H groups in total. The van der Waals surface area contributed by atoms with Crippen LogP contribution in [0, 0.1) is 5.41 Å². The van der Waals surface area contributed by atoms with Gasteiger partial charge in [0.15, 0.2) is 5.96 Å². The van der Waals surface area contributed by atoms with E-state index in [1.807, 2.05) is 30.3 Å². The van der Waals surface area contributed by atoms with Crippen LogP contribution >= 0.6 is 24.0 Å². The fourth-order valence-corrected chi connectivity index (χ4v) is 2.05. The van der Waals surface area contributed by atoms with E-state index in [0.29, 0.717) is 11.4 Å². The molecule has 1 aromatic carbocycles. The van der Waals surface area contributed by atoms with Gasteiger partial charge in [-0.25, -0.2) is 0 Å². The molecule has 4 heteroatoms. The maximum absolute atomic E-state index is 5.92. The van der Waals surface area contributed by atoms with E-state index in [4.69, 9.17) is 5.73 Å². The maximum Gasteiger partial charge on any atom is 0.193 e. The highest BCUT2D eigenvalue weighted by atomic mass is 127. The topological polar surface area (TPSA) is 50.4 Å². The molecule has 1 rings (SSSR count). The highest BCUT2D eigenvalue weighted by Crippen LogP contribution is 2.30. The van der Waals surface area contributed by atoms with Crippen LogP contribution in [0.1, 0.15) is 40.0 Å². The lowest BCUT2D eigenvalue weighted by atomic mass is 9.80. The molecule has 0 radical (unpaired) electrons. The van der Waals surface area contributed by atoms with Gasteiger partial charge in [0, 0.05) is 12.2 Å². The Hall–Kier alpha value is -0.780. The Morgan fingerprint density at radius 2 is 1.63 bits per heavy atom. The maximum atomic E-state index is 5.92. The molecule has 0 aliphatic carbocycles. The van der Waals surface area contributed by atoms with Crippen molar-refractivity contribution in [2.24, 2.45) is 16.1 Å². The quantitative estimate of drug-likeness (QED) is 0.444. The first-order valence-corrected chi connectivity index (χ1v) is 6.77. The monoisotopic (exact) mass is 375 g/mol. The van der Waals surface area contributed by atoms with Crippen molar-refractivity contribution in [3.8, 4) is 0 Å². The normalized spacial score (nSPS) is 11.8. The van der Waals surface area contributed by atoms with Crippen molar-refractivity contribution in [2.75, 3.05) is 11.9 Å². The summed E-state index contributed by atoms with van der Waals surface area (Å²) in [5.74, 6) is 0.501. The van der Waals surface area contributed by atoms with Crippen LogP contribution in [0.2, 0.25) is 0 Å². The second kappa shape index (κ2) is 9.18. The average molecular weight is 375 g/mol. The van der Waals surface area contributed by atoms with E-state index in [1.165, 1.54) is 0 Å². The third-order valence-corrected chi connectivity index (χ3v) is 3.88. The minimum atomic E-state index is 0. The van der Waals surface area contributed by atoms with Crippen LogP contribution in [0.3, 0.4) is 0 Å². The number of nitrogens with one attached hydrogen (secondary N) is 1. The van der Waals surface area contributed by atoms with Crippen molar-refractivity contribution in [2.45, 2.75) is 40.0 Å². The first kappa shape index (κ1) is 18.2. The number of halogens is 1. The summed E-state index contributed by atoms with van der Waals surface area (Å²) < 4.78 is 0. The van der Waals surface area contributed by atoms with Gasteiger partial charge in [0.25, 0.3) is 0 Å². The third-order valence-electron chi connectivity index (χ3n) is 3.88. The van der Waals surface area contributed by atoms with Gasteiger partial charge in [0.1, 0.15) is 0 Å². The summed E-state index contributed by atoms with van der Waals surface area (Å²) in [4.78, 5) is 4.49. The Bertz CT molecular complexity index is 364. The van der Waals surface area contributed by atoms with Gasteiger partial charge in [-0.3, -0.25) is 4.99 Å². The summed E-state index contributed by atoms with van der Waals surface area (Å²) in [7, 11) is 0. The van der Waals surface area contributed by atoms with E-state index in [-0.39, 0.29) is 24.0 Å². The number of nitrogens with two attached hydrogens (primary N) is 1. The minimum Gasteiger partial charge on any atom is -0.370 e. The number of guanidine groups is 1. The van der Waals surface area contributed by atoms with Crippen molar-refractivity contribution in [1.82, 2.24) is 0 Å². The molecule has 0 fully saturated rings. The van der Waals surface area contributed by atoms with Gasteiger partial charge in [0.05, 0.1) is 0 Å². The second-order valence-corrected chi connectivity index (χ2v) is 4.75. The predicted octanol–water partition coefficient (Wildman–Crippen LogP) is 4.25. The highest BCUT2D eigenvalue weighted by Gasteiger charge is 2.23. The first-order valence-electron chi connectivity index (χ1n) is 6.77. The summed E-state index contributed by atoms with van der Waals surface area (Å²) in [6.45, 7) is 7.47. The fraction of sp³-hybridized carbons (Fsp3) is 0.533. The molecular formula is C15H26IN3. The van der Waals surface area contributed by atoms with E-state index in [9.17, 15) is 0 Å². The van der Waals surface area contributed by atoms with Crippen LogP contribution in [0.25, 0.3) is 0 Å². The summed E-state index contributed by atoms with van der Waals surface area (Å²) >= 11 is 0. The molecule has 0 aliphatic rings. The molecule has 1 aromatic rings. The molecule has 108 valence electrons. The highest BCUT2D eigenvalue weighted by molar-refractivity contribution is 14.0. The molecule has 0 aliphatic heterocycles. The number of anilines is 1. The van der Waals surface area contributed by atoms with E-state index < -0.39 is 0 Å². The molecule has 0 amide bonds. The number of aliphatic imine (C=N–C) groups is 1. The van der Waals surface area contributed by atoms with Crippen LogP contribution in [0.15, 0.2) is 35.3 Å². The largest absolute Gasteiger partial charge is 0.370 e. The molecule has 0 unspecified atom stereocenters. The third kappa shape index (κ3) is 5.80. The molecule has 0 bridgehead atoms. The molecule has 0 saturated carbocycles. The average Bonchev–Trinajstić information content (AvgIpc) is 2.42. The lowest BCUT2D eigenvalue weighted by Crippen LogP contribution is -2.27. The van der Waals surface area contributed by atoms with Gasteiger partial charge in [-0.1, -0.05) is 39.0 Å². The zero-order chi connectivity index (χ0) is 13.4. The van der Waals surface area contributed by atoms with E-state index in [0.717, 1.165) is 31.5 Å². The number of benzene rings is 1. The second-order valence-electron chi connectivity index (χ2n) is 4.75. The standard InChI is InChI=1S/C15H25N3.HI/c1-4-15(5-2,6-3)12-17-14(16)18-13-10-8-7-9-11-13;/h7-11H,4-6,12H2,1-3H3,(H3,16,17,18);1H. The SMILES string of the molecule is CCC(CC)(CC)CN=C(N)Nc1ccccc1.I. The molecule has 19 heavy (non-hydrogen) atoms. The van der Waals surface area contributed by atoms with Crippen LogP contribution in [-0.2, 0) is 0 Å². The minimum absolute atomic E-state index is 0. The lowest BCUT2D eigenvalue weighted by Gasteiger charge is -2.28. The van der Waals surface area contributed by atoms with Crippen molar-refractivity contribution in [1.29, 1.82) is 0 Å². The van der Waals surface area contributed by atoms with Gasteiger partial charge in [-0.2, -0.15) is 0 Å². The lowest BCUT2D eigenvalue weighted by molar-refractivity contribution is 0.263. The van der Waals surface area contributed by atoms with Gasteiger partial charge in [-0.05, 0) is 36.8 Å². The molecule has 0 saturated heterocycles. The van der Waals surface area contributed by atoms with Crippen LogP contribution in [-0.4, -0.2) is 12.5 Å². The van der Waals surface area contributed by atoms with Crippen LogP contribution in [0.5, 0.6) is 0 Å². The smallest absolute Gasteiger partial charge is 0.193 e. The number of para-hydroxylation sites is 1. The molecule has 0 aromatic heterocycles. The molecule has 0 spiro atoms. The Labute approximate surface area is 134 Å². The number of hydrogen-bond acceptors (Lipinski definition) is 1. The Kier molecular flexibility index (Phi) is 8.80. The van der Waals surface area contributed by atoms with Crippen LogP contribution in [0.4, 0.5) is 5.69 Å². The van der Waals surface area contributed by atoms with Gasteiger partial charge in [0.2, 0.25) is 0 Å². The summed E-state index contributed by atoms with van der Waals surface area (Å²) in [5, 5.41) is 3.11. The summed E-state index contributed by atoms with van der Waals surface area (Å²) in [5.41, 5.74) is 7.19. The summed E-state index contributed by atoms with van der Waals surface area (Å²) in [6.07, 6.45) is 3.42. The van der Waals surface area contributed by atoms with Gasteiger partial charge in [-0.15, -0.1) is 24.0 Å².